The molecule has 0 amide bonds. The summed E-state index contributed by atoms with van der Waals surface area (Å²) in [6, 6.07) is 8.02. The summed E-state index contributed by atoms with van der Waals surface area (Å²) in [5.41, 5.74) is 2.94. The van der Waals surface area contributed by atoms with Crippen LogP contribution in [0.25, 0.3) is 22.6 Å². The van der Waals surface area contributed by atoms with Crippen molar-refractivity contribution < 1.29 is 32.6 Å². The van der Waals surface area contributed by atoms with Crippen LogP contribution < -0.4 is 5.32 Å². The number of aliphatic carboxylic acids is 1. The molecule has 0 bridgehead atoms. The lowest BCUT2D eigenvalue weighted by molar-refractivity contribution is -0.192. The maximum atomic E-state index is 13.3. The van der Waals surface area contributed by atoms with Crippen molar-refractivity contribution in [3.63, 3.8) is 0 Å². The summed E-state index contributed by atoms with van der Waals surface area (Å²) in [5, 5.41) is 20.2. The van der Waals surface area contributed by atoms with E-state index in [9.17, 15) is 22.7 Å². The Bertz CT molecular complexity index is 1060. The van der Waals surface area contributed by atoms with Crippen LogP contribution in [0.2, 0.25) is 0 Å². The van der Waals surface area contributed by atoms with Crippen molar-refractivity contribution in [2.24, 2.45) is 0 Å². The molecule has 0 saturated carbocycles. The third-order valence-corrected chi connectivity index (χ3v) is 4.74. The molecule has 1 saturated heterocycles. The van der Waals surface area contributed by atoms with E-state index in [1.807, 2.05) is 6.33 Å². The highest BCUT2D eigenvalue weighted by Crippen LogP contribution is 2.34. The molecule has 3 N–H and O–H groups in total. The van der Waals surface area contributed by atoms with Crippen molar-refractivity contribution in [2.45, 2.75) is 25.1 Å². The molecule has 4 rings (SSSR count). The standard InChI is InChI=1S/C18H18FN5O.C2HF3O2/c19-13-3-1-12(2-4-13)16-17(15-7-10-21-18(25)23-15)24(11-22-16)14-5-8-20-9-6-14;3-2(4,5)1(6)7/h1-4,7,10-11,14,20H,5-6,8-9H2,(H,21,23,25);(H,6,7). The average Bonchev–Trinajstić information content (AvgIpc) is 3.20. The first-order valence-corrected chi connectivity index (χ1v) is 9.53. The van der Waals surface area contributed by atoms with Crippen molar-refractivity contribution in [3.05, 3.63) is 48.7 Å². The van der Waals surface area contributed by atoms with Gasteiger partial charge in [-0.05, 0) is 56.3 Å². The fraction of sp³-hybridized carbons (Fsp3) is 0.300. The monoisotopic (exact) mass is 453 g/mol. The van der Waals surface area contributed by atoms with Crippen molar-refractivity contribution in [1.29, 1.82) is 0 Å². The number of piperidine rings is 1. The minimum Gasteiger partial charge on any atom is -0.479 e. The number of benzene rings is 1. The van der Waals surface area contributed by atoms with Gasteiger partial charge in [-0.3, -0.25) is 0 Å². The maximum Gasteiger partial charge on any atom is 0.490 e. The highest BCUT2D eigenvalue weighted by atomic mass is 19.4. The van der Waals surface area contributed by atoms with Gasteiger partial charge in [0.25, 0.3) is 0 Å². The van der Waals surface area contributed by atoms with Crippen LogP contribution in [-0.4, -0.2) is 55.0 Å². The second kappa shape index (κ2) is 9.73. The molecule has 0 spiro atoms. The van der Waals surface area contributed by atoms with Crippen LogP contribution in [0.1, 0.15) is 18.9 Å². The van der Waals surface area contributed by atoms with Crippen LogP contribution in [0, 0.1) is 5.82 Å². The lowest BCUT2D eigenvalue weighted by Crippen LogP contribution is -2.29. The van der Waals surface area contributed by atoms with E-state index in [-0.39, 0.29) is 11.8 Å². The zero-order chi connectivity index (χ0) is 23.3. The van der Waals surface area contributed by atoms with Gasteiger partial charge in [0.05, 0.1) is 23.4 Å². The van der Waals surface area contributed by atoms with Gasteiger partial charge >= 0.3 is 18.2 Å². The predicted octanol–water partition coefficient (Wildman–Crippen LogP) is 3.41. The van der Waals surface area contributed by atoms with E-state index in [0.29, 0.717) is 11.7 Å². The van der Waals surface area contributed by atoms with Crippen molar-refractivity contribution >= 4 is 5.97 Å². The summed E-state index contributed by atoms with van der Waals surface area (Å²) in [7, 11) is 0. The van der Waals surface area contributed by atoms with E-state index in [1.54, 1.807) is 18.2 Å². The predicted molar refractivity (Wildman–Crippen MR) is 105 cm³/mol. The molecule has 0 aliphatic carbocycles. The first-order chi connectivity index (χ1) is 15.2. The largest absolute Gasteiger partial charge is 0.490 e. The smallest absolute Gasteiger partial charge is 0.479 e. The van der Waals surface area contributed by atoms with Gasteiger partial charge < -0.3 is 20.1 Å². The molecule has 1 aromatic carbocycles. The molecule has 32 heavy (non-hydrogen) atoms. The lowest BCUT2D eigenvalue weighted by atomic mass is 10.0. The molecule has 1 aliphatic heterocycles. The minimum atomic E-state index is -5.08. The Kier molecular flexibility index (Phi) is 7.03. The van der Waals surface area contributed by atoms with E-state index >= 15 is 0 Å². The number of aromatic hydroxyl groups is 1. The number of nitrogens with one attached hydrogen (secondary N) is 1. The molecule has 0 atom stereocenters. The number of rotatable bonds is 3. The first-order valence-electron chi connectivity index (χ1n) is 9.53. The molecular formula is C20H19F4N5O3. The minimum absolute atomic E-state index is 0.277. The Morgan fingerprint density at radius 2 is 1.72 bits per heavy atom. The van der Waals surface area contributed by atoms with Crippen molar-refractivity contribution in [2.75, 3.05) is 13.1 Å². The van der Waals surface area contributed by atoms with Crippen LogP contribution in [-0.2, 0) is 4.79 Å². The van der Waals surface area contributed by atoms with Gasteiger partial charge in [-0.2, -0.15) is 18.2 Å². The van der Waals surface area contributed by atoms with Gasteiger partial charge in [0.15, 0.2) is 0 Å². The lowest BCUT2D eigenvalue weighted by Gasteiger charge is -2.25. The number of carboxylic acids is 1. The maximum absolute atomic E-state index is 13.3. The summed E-state index contributed by atoms with van der Waals surface area (Å²) in [4.78, 5) is 21.4. The number of aromatic nitrogens is 4. The number of hydrogen-bond acceptors (Lipinski definition) is 6. The second-order valence-corrected chi connectivity index (χ2v) is 6.88. The van der Waals surface area contributed by atoms with Crippen LogP contribution in [0.5, 0.6) is 6.01 Å². The van der Waals surface area contributed by atoms with Crippen LogP contribution >= 0.6 is 0 Å². The zero-order valence-electron chi connectivity index (χ0n) is 16.6. The number of carboxylic acid groups (broad SMARTS) is 1. The molecule has 170 valence electrons. The number of hydrogen-bond donors (Lipinski definition) is 3. The Morgan fingerprint density at radius 3 is 2.28 bits per heavy atom. The van der Waals surface area contributed by atoms with Gasteiger partial charge in [-0.1, -0.05) is 0 Å². The van der Waals surface area contributed by atoms with E-state index in [2.05, 4.69) is 24.8 Å². The SMILES string of the molecule is O=C(O)C(F)(F)F.Oc1nccc(-c2c(-c3ccc(F)cc3)ncn2C2CCNCC2)n1. The third-order valence-electron chi connectivity index (χ3n) is 4.74. The zero-order valence-corrected chi connectivity index (χ0v) is 16.6. The first kappa shape index (κ1) is 23.1. The Hall–Kier alpha value is -3.54. The Labute approximate surface area is 179 Å². The van der Waals surface area contributed by atoms with Gasteiger partial charge in [0.2, 0.25) is 0 Å². The summed E-state index contributed by atoms with van der Waals surface area (Å²) in [5.74, 6) is -3.05. The molecule has 8 nitrogen and oxygen atoms in total. The number of imidazole rings is 1. The van der Waals surface area contributed by atoms with E-state index in [4.69, 9.17) is 9.90 Å². The molecule has 0 unspecified atom stereocenters. The number of halogens is 4. The fourth-order valence-electron chi connectivity index (χ4n) is 3.28. The molecule has 0 radical (unpaired) electrons. The fourth-order valence-corrected chi connectivity index (χ4v) is 3.28. The molecule has 2 aromatic heterocycles. The van der Waals surface area contributed by atoms with Gasteiger partial charge in [-0.25, -0.2) is 19.2 Å². The summed E-state index contributed by atoms with van der Waals surface area (Å²) in [6.07, 6.45) is 0.224. The van der Waals surface area contributed by atoms with Crippen LogP contribution in [0.4, 0.5) is 17.6 Å². The number of nitrogens with zero attached hydrogens (tertiary/aromatic N) is 4. The highest BCUT2D eigenvalue weighted by molar-refractivity contribution is 5.77. The normalized spacial score (nSPS) is 14.5. The molecule has 1 fully saturated rings. The van der Waals surface area contributed by atoms with Crippen molar-refractivity contribution in [1.82, 2.24) is 24.8 Å². The topological polar surface area (TPSA) is 113 Å². The van der Waals surface area contributed by atoms with Gasteiger partial charge in [-0.15, -0.1) is 0 Å². The quantitative estimate of drug-likeness (QED) is 0.521. The van der Waals surface area contributed by atoms with E-state index < -0.39 is 12.1 Å². The third kappa shape index (κ3) is 5.58. The Balaban J connectivity index is 0.000000360. The molecule has 3 aromatic rings. The molecule has 12 heteroatoms. The molecule has 1 aliphatic rings. The molecule has 3 heterocycles. The highest BCUT2D eigenvalue weighted by Gasteiger charge is 2.38. The van der Waals surface area contributed by atoms with Crippen molar-refractivity contribution in [3.8, 4) is 28.7 Å². The number of alkyl halides is 3. The van der Waals surface area contributed by atoms with E-state index in [0.717, 1.165) is 42.9 Å². The second-order valence-electron chi connectivity index (χ2n) is 6.88. The average molecular weight is 453 g/mol. The summed E-state index contributed by atoms with van der Waals surface area (Å²) < 4.78 is 47.1. The van der Waals surface area contributed by atoms with Crippen LogP contribution in [0.15, 0.2) is 42.9 Å². The molecular weight excluding hydrogens is 434 g/mol. The van der Waals surface area contributed by atoms with Crippen LogP contribution in [0.3, 0.4) is 0 Å². The number of carbonyl (C=O) groups is 1. The Morgan fingerprint density at radius 1 is 1.09 bits per heavy atom. The van der Waals surface area contributed by atoms with Gasteiger partial charge in [0, 0.05) is 17.8 Å². The van der Waals surface area contributed by atoms with Gasteiger partial charge in [0.1, 0.15) is 5.82 Å². The van der Waals surface area contributed by atoms with E-state index in [1.165, 1.54) is 18.3 Å². The summed E-state index contributed by atoms with van der Waals surface area (Å²) >= 11 is 0. The summed E-state index contributed by atoms with van der Waals surface area (Å²) in [6.45, 7) is 1.90.